The van der Waals surface area contributed by atoms with Crippen LogP contribution in [0.15, 0.2) is 56.2 Å². The number of aryl methyl sites for hydroxylation is 1. The maximum absolute atomic E-state index is 12.8. The predicted molar refractivity (Wildman–Crippen MR) is 122 cm³/mol. The minimum Gasteiger partial charge on any atom is -0.465 e. The molecule has 0 unspecified atom stereocenters. The molecule has 0 spiro atoms. The van der Waals surface area contributed by atoms with E-state index < -0.39 is 23.1 Å². The number of ether oxygens (including phenoxy) is 2. The van der Waals surface area contributed by atoms with Crippen molar-refractivity contribution in [2.45, 2.75) is 13.5 Å². The summed E-state index contributed by atoms with van der Waals surface area (Å²) in [5, 5.41) is -0.465. The van der Waals surface area contributed by atoms with Gasteiger partial charge in [-0.1, -0.05) is 6.07 Å². The zero-order valence-corrected chi connectivity index (χ0v) is 19.3. The van der Waals surface area contributed by atoms with Gasteiger partial charge in [-0.25, -0.2) is 9.59 Å². The largest absolute Gasteiger partial charge is 0.465 e. The summed E-state index contributed by atoms with van der Waals surface area (Å²) in [4.78, 5) is 49.6. The van der Waals surface area contributed by atoms with Gasteiger partial charge in [0.15, 0.2) is 0 Å². The summed E-state index contributed by atoms with van der Waals surface area (Å²) in [6.45, 7) is 1.73. The number of esters is 2. The molecule has 3 aromatic rings. The van der Waals surface area contributed by atoms with E-state index in [2.05, 4.69) is 4.74 Å². The fraction of sp³-hybridized carbons (Fsp3) is 0.167. The number of hydrogen-bond acceptors (Lipinski definition) is 9. The molecule has 1 fully saturated rings. The lowest BCUT2D eigenvalue weighted by molar-refractivity contribution is -0.123. The van der Waals surface area contributed by atoms with Crippen molar-refractivity contribution in [3.05, 3.63) is 75.8 Å². The highest BCUT2D eigenvalue weighted by atomic mass is 32.2. The first-order valence-corrected chi connectivity index (χ1v) is 10.8. The number of benzene rings is 1. The average molecular weight is 481 g/mol. The van der Waals surface area contributed by atoms with Crippen LogP contribution >= 0.6 is 11.8 Å². The van der Waals surface area contributed by atoms with Gasteiger partial charge in [0.05, 0.1) is 31.2 Å². The fourth-order valence-corrected chi connectivity index (χ4v) is 4.17. The van der Waals surface area contributed by atoms with Crippen molar-refractivity contribution in [1.82, 2.24) is 4.90 Å². The van der Waals surface area contributed by atoms with Gasteiger partial charge in [0, 0.05) is 11.6 Å². The van der Waals surface area contributed by atoms with Crippen molar-refractivity contribution in [2.75, 3.05) is 14.2 Å². The normalized spacial score (nSPS) is 14.7. The number of amides is 2. The second kappa shape index (κ2) is 9.44. The van der Waals surface area contributed by atoms with Gasteiger partial charge in [-0.05, 0) is 60.6 Å². The molecule has 0 bridgehead atoms. The minimum atomic E-state index is -0.649. The molecular formula is C24H19NO8S. The summed E-state index contributed by atoms with van der Waals surface area (Å²) in [7, 11) is 2.55. The molecule has 174 valence electrons. The van der Waals surface area contributed by atoms with E-state index in [1.54, 1.807) is 30.3 Å². The van der Waals surface area contributed by atoms with Crippen molar-refractivity contribution in [1.29, 1.82) is 0 Å². The molecule has 1 aromatic carbocycles. The van der Waals surface area contributed by atoms with E-state index in [0.717, 1.165) is 27.8 Å². The van der Waals surface area contributed by atoms with E-state index >= 15 is 0 Å². The molecule has 10 heteroatoms. The monoisotopic (exact) mass is 481 g/mol. The number of nitrogens with zero attached hydrogens (tertiary/aromatic N) is 1. The highest BCUT2D eigenvalue weighted by Gasteiger charge is 2.36. The van der Waals surface area contributed by atoms with Gasteiger partial charge in [0.1, 0.15) is 17.3 Å². The minimum absolute atomic E-state index is 0.0157. The number of furan rings is 2. The van der Waals surface area contributed by atoms with Crippen molar-refractivity contribution < 1.29 is 37.5 Å². The Hall–Kier alpha value is -4.05. The number of hydrogen-bond donors (Lipinski definition) is 0. The van der Waals surface area contributed by atoms with Crippen LogP contribution in [0.5, 0.6) is 0 Å². The summed E-state index contributed by atoms with van der Waals surface area (Å²) >= 11 is 0.783. The highest BCUT2D eigenvalue weighted by molar-refractivity contribution is 8.18. The van der Waals surface area contributed by atoms with Crippen LogP contribution in [0.2, 0.25) is 0 Å². The first-order chi connectivity index (χ1) is 16.3. The Morgan fingerprint density at radius 3 is 2.47 bits per heavy atom. The second-order valence-electron chi connectivity index (χ2n) is 7.25. The topological polar surface area (TPSA) is 116 Å². The number of rotatable bonds is 6. The lowest BCUT2D eigenvalue weighted by Gasteiger charge is -2.09. The molecule has 4 rings (SSSR count). The molecule has 0 N–H and O–H groups in total. The molecular weight excluding hydrogens is 462 g/mol. The third kappa shape index (κ3) is 4.53. The Bertz CT molecular complexity index is 1330. The van der Waals surface area contributed by atoms with Crippen LogP contribution in [0.25, 0.3) is 17.4 Å². The average Bonchev–Trinajstić information content (AvgIpc) is 3.55. The number of methoxy groups -OCH3 is 2. The number of carbonyl (C=O) groups excluding carboxylic acids is 4. The van der Waals surface area contributed by atoms with Gasteiger partial charge >= 0.3 is 11.9 Å². The van der Waals surface area contributed by atoms with E-state index in [1.165, 1.54) is 32.4 Å². The van der Waals surface area contributed by atoms with E-state index in [1.807, 2.05) is 6.92 Å². The molecule has 2 amide bonds. The highest BCUT2D eigenvalue weighted by Crippen LogP contribution is 2.35. The smallest absolute Gasteiger partial charge is 0.373 e. The summed E-state index contributed by atoms with van der Waals surface area (Å²) < 4.78 is 20.5. The molecule has 0 radical (unpaired) electrons. The maximum atomic E-state index is 12.8. The van der Waals surface area contributed by atoms with E-state index in [-0.39, 0.29) is 23.0 Å². The lowest BCUT2D eigenvalue weighted by Crippen LogP contribution is -2.27. The summed E-state index contributed by atoms with van der Waals surface area (Å²) in [5.74, 6) is -0.380. The van der Waals surface area contributed by atoms with Crippen molar-refractivity contribution >= 4 is 40.9 Å². The Labute approximate surface area is 198 Å². The molecule has 0 saturated carbocycles. The maximum Gasteiger partial charge on any atom is 0.373 e. The number of imide groups is 1. The standard InChI is InChI=1S/C24H19NO8S/c1-13-10-14(22(27)30-2)4-7-17(13)18-8-5-15(32-18)11-20-21(26)25(24(29)34-20)12-16-6-9-19(33-16)23(28)31-3/h4-11H,12H2,1-3H3. The van der Waals surface area contributed by atoms with Gasteiger partial charge in [0.2, 0.25) is 5.76 Å². The Balaban J connectivity index is 1.51. The van der Waals surface area contributed by atoms with E-state index in [0.29, 0.717) is 17.1 Å². The third-order valence-corrected chi connectivity index (χ3v) is 5.96. The van der Waals surface area contributed by atoms with Gasteiger partial charge in [-0.3, -0.25) is 14.5 Å². The first-order valence-electron chi connectivity index (χ1n) is 10.0. The van der Waals surface area contributed by atoms with E-state index in [4.69, 9.17) is 13.6 Å². The third-order valence-electron chi connectivity index (χ3n) is 5.05. The Morgan fingerprint density at radius 2 is 1.76 bits per heavy atom. The van der Waals surface area contributed by atoms with E-state index in [9.17, 15) is 19.2 Å². The molecule has 9 nitrogen and oxygen atoms in total. The van der Waals surface area contributed by atoms with Gasteiger partial charge < -0.3 is 18.3 Å². The summed E-state index contributed by atoms with van der Waals surface area (Å²) in [6, 6.07) is 11.5. The van der Waals surface area contributed by atoms with Crippen molar-refractivity contribution in [3.8, 4) is 11.3 Å². The van der Waals surface area contributed by atoms with Crippen molar-refractivity contribution in [2.24, 2.45) is 0 Å². The van der Waals surface area contributed by atoms with Gasteiger partial charge in [-0.15, -0.1) is 0 Å². The molecule has 1 saturated heterocycles. The second-order valence-corrected chi connectivity index (χ2v) is 8.24. The fourth-order valence-electron chi connectivity index (χ4n) is 3.35. The quantitative estimate of drug-likeness (QED) is 0.366. The summed E-state index contributed by atoms with van der Waals surface area (Å²) in [5.41, 5.74) is 2.02. The molecule has 2 aromatic heterocycles. The predicted octanol–water partition coefficient (Wildman–Crippen LogP) is 4.66. The first kappa shape index (κ1) is 23.1. The molecule has 0 aliphatic carbocycles. The van der Waals surface area contributed by atoms with Gasteiger partial charge in [-0.2, -0.15) is 0 Å². The van der Waals surface area contributed by atoms with Crippen LogP contribution in [-0.2, 0) is 20.8 Å². The van der Waals surface area contributed by atoms with Crippen LogP contribution in [0.1, 0.15) is 38.0 Å². The number of carbonyl (C=O) groups is 4. The lowest BCUT2D eigenvalue weighted by atomic mass is 10.0. The van der Waals surface area contributed by atoms with Crippen molar-refractivity contribution in [3.63, 3.8) is 0 Å². The van der Waals surface area contributed by atoms with Crippen LogP contribution in [0.4, 0.5) is 4.79 Å². The van der Waals surface area contributed by atoms with Gasteiger partial charge in [0.25, 0.3) is 11.1 Å². The molecule has 1 aliphatic rings. The zero-order chi connectivity index (χ0) is 24.4. The molecule has 34 heavy (non-hydrogen) atoms. The zero-order valence-electron chi connectivity index (χ0n) is 18.4. The Kier molecular flexibility index (Phi) is 6.42. The molecule has 3 heterocycles. The molecule has 1 aliphatic heterocycles. The Morgan fingerprint density at radius 1 is 1.00 bits per heavy atom. The SMILES string of the molecule is COC(=O)c1ccc(-c2ccc(C=C3SC(=O)N(Cc4ccc(C(=O)OC)o4)C3=O)o2)c(C)c1. The number of thioether (sulfide) groups is 1. The van der Waals surface area contributed by atoms with Crippen LogP contribution in [0.3, 0.4) is 0 Å². The van der Waals surface area contributed by atoms with Crippen LogP contribution < -0.4 is 0 Å². The van der Waals surface area contributed by atoms with Crippen LogP contribution in [0, 0.1) is 6.92 Å². The summed E-state index contributed by atoms with van der Waals surface area (Å²) in [6.07, 6.45) is 1.49. The van der Waals surface area contributed by atoms with Crippen LogP contribution in [-0.4, -0.2) is 42.2 Å². The molecule has 0 atom stereocenters.